The van der Waals surface area contributed by atoms with Gasteiger partial charge in [0.2, 0.25) is 0 Å². The molecule has 0 saturated carbocycles. The third-order valence-electron chi connectivity index (χ3n) is 1.96. The molecule has 0 saturated heterocycles. The van der Waals surface area contributed by atoms with E-state index < -0.39 is 6.43 Å². The molecule has 16 heavy (non-hydrogen) atoms. The minimum absolute atomic E-state index is 0.00940. The first-order valence-electron chi connectivity index (χ1n) is 4.41. The van der Waals surface area contributed by atoms with E-state index in [9.17, 15) is 8.78 Å². The molecule has 0 aliphatic rings. The molecular weight excluding hydrogens is 218 g/mol. The van der Waals surface area contributed by atoms with E-state index in [0.717, 1.165) is 6.07 Å². The van der Waals surface area contributed by atoms with Gasteiger partial charge >= 0.3 is 0 Å². The SMILES string of the molecule is COc1cc(C(F)F)c(CC#N)nc1OC. The molecule has 0 N–H and O–H groups in total. The van der Waals surface area contributed by atoms with Crippen molar-refractivity contribution in [1.29, 1.82) is 5.26 Å². The fraction of sp³-hybridized carbons (Fsp3) is 0.400. The van der Waals surface area contributed by atoms with Gasteiger partial charge in [0.05, 0.1) is 32.4 Å². The van der Waals surface area contributed by atoms with E-state index in [1.54, 1.807) is 6.07 Å². The second-order valence-corrected chi connectivity index (χ2v) is 2.87. The van der Waals surface area contributed by atoms with Crippen molar-refractivity contribution in [3.63, 3.8) is 0 Å². The molecule has 0 bridgehead atoms. The van der Waals surface area contributed by atoms with Crippen LogP contribution in [-0.4, -0.2) is 19.2 Å². The molecule has 0 aliphatic carbocycles. The van der Waals surface area contributed by atoms with Crippen LogP contribution in [0, 0.1) is 11.3 Å². The lowest BCUT2D eigenvalue weighted by molar-refractivity contribution is 0.149. The van der Waals surface area contributed by atoms with Crippen molar-refractivity contribution in [2.45, 2.75) is 12.8 Å². The van der Waals surface area contributed by atoms with E-state index in [-0.39, 0.29) is 29.3 Å². The molecule has 0 amide bonds. The molecule has 1 aromatic heterocycles. The topological polar surface area (TPSA) is 55.1 Å². The Hall–Kier alpha value is -1.90. The number of hydrogen-bond acceptors (Lipinski definition) is 4. The van der Waals surface area contributed by atoms with Gasteiger partial charge in [0, 0.05) is 5.56 Å². The Labute approximate surface area is 91.4 Å². The first-order valence-corrected chi connectivity index (χ1v) is 4.41. The highest BCUT2D eigenvalue weighted by molar-refractivity contribution is 5.41. The van der Waals surface area contributed by atoms with Crippen LogP contribution in [0.25, 0.3) is 0 Å². The summed E-state index contributed by atoms with van der Waals surface area (Å²) in [6.07, 6.45) is -2.89. The molecule has 1 rings (SSSR count). The Morgan fingerprint density at radius 2 is 2.12 bits per heavy atom. The minimum atomic E-state index is -2.70. The number of ether oxygens (including phenoxy) is 2. The number of rotatable bonds is 4. The predicted molar refractivity (Wildman–Crippen MR) is 51.6 cm³/mol. The summed E-state index contributed by atoms with van der Waals surface area (Å²) in [7, 11) is 2.68. The summed E-state index contributed by atoms with van der Waals surface area (Å²) >= 11 is 0. The second-order valence-electron chi connectivity index (χ2n) is 2.87. The highest BCUT2D eigenvalue weighted by Gasteiger charge is 2.19. The van der Waals surface area contributed by atoms with Gasteiger partial charge in [-0.1, -0.05) is 0 Å². The Balaban J connectivity index is 3.30. The molecule has 1 aromatic rings. The molecule has 0 fully saturated rings. The first kappa shape index (κ1) is 12.2. The summed E-state index contributed by atoms with van der Waals surface area (Å²) in [5.74, 6) is 0.219. The van der Waals surface area contributed by atoms with Gasteiger partial charge in [0.15, 0.2) is 5.75 Å². The number of alkyl halides is 2. The maximum atomic E-state index is 12.7. The number of pyridine rings is 1. The number of nitrogens with zero attached hydrogens (tertiary/aromatic N) is 2. The summed E-state index contributed by atoms with van der Waals surface area (Å²) in [5.41, 5.74) is -0.297. The van der Waals surface area contributed by atoms with Gasteiger partial charge in [-0.3, -0.25) is 0 Å². The Kier molecular flexibility index (Phi) is 4.00. The Morgan fingerprint density at radius 1 is 1.44 bits per heavy atom. The lowest BCUT2D eigenvalue weighted by Crippen LogP contribution is -2.02. The lowest BCUT2D eigenvalue weighted by atomic mass is 10.1. The molecular formula is C10H10F2N2O2. The fourth-order valence-electron chi connectivity index (χ4n) is 1.23. The summed E-state index contributed by atoms with van der Waals surface area (Å²) in [4.78, 5) is 3.82. The molecule has 0 unspecified atom stereocenters. The van der Waals surface area contributed by atoms with Gasteiger partial charge < -0.3 is 9.47 Å². The quantitative estimate of drug-likeness (QED) is 0.791. The highest BCUT2D eigenvalue weighted by atomic mass is 19.3. The van der Waals surface area contributed by atoms with E-state index in [0.29, 0.717) is 0 Å². The van der Waals surface area contributed by atoms with Crippen LogP contribution in [0.3, 0.4) is 0 Å². The standard InChI is InChI=1S/C10H10F2N2O2/c1-15-8-5-6(9(11)12)7(3-4-13)14-10(8)16-2/h5,9H,3H2,1-2H3. The average Bonchev–Trinajstić information content (AvgIpc) is 2.28. The van der Waals surface area contributed by atoms with Crippen molar-refractivity contribution in [3.8, 4) is 17.7 Å². The third-order valence-corrected chi connectivity index (χ3v) is 1.96. The maximum absolute atomic E-state index is 12.7. The van der Waals surface area contributed by atoms with Crippen molar-refractivity contribution in [2.75, 3.05) is 14.2 Å². The van der Waals surface area contributed by atoms with Gasteiger partial charge in [0.1, 0.15) is 0 Å². The fourth-order valence-corrected chi connectivity index (χ4v) is 1.23. The molecule has 6 heteroatoms. The van der Waals surface area contributed by atoms with E-state index in [4.69, 9.17) is 14.7 Å². The van der Waals surface area contributed by atoms with Crippen molar-refractivity contribution < 1.29 is 18.3 Å². The maximum Gasteiger partial charge on any atom is 0.265 e. The molecule has 0 atom stereocenters. The largest absolute Gasteiger partial charge is 0.491 e. The van der Waals surface area contributed by atoms with Crippen LogP contribution in [0.4, 0.5) is 8.78 Å². The van der Waals surface area contributed by atoms with E-state index in [2.05, 4.69) is 4.98 Å². The average molecular weight is 228 g/mol. The molecule has 4 nitrogen and oxygen atoms in total. The van der Waals surface area contributed by atoms with Crippen LogP contribution in [-0.2, 0) is 6.42 Å². The van der Waals surface area contributed by atoms with Crippen LogP contribution in [0.2, 0.25) is 0 Å². The molecule has 0 radical (unpaired) electrons. The summed E-state index contributed by atoms with van der Waals surface area (Å²) in [6.45, 7) is 0. The van der Waals surface area contributed by atoms with Gasteiger partial charge in [-0.15, -0.1) is 0 Å². The zero-order chi connectivity index (χ0) is 12.1. The molecule has 0 aromatic carbocycles. The van der Waals surface area contributed by atoms with E-state index in [1.807, 2.05) is 0 Å². The molecule has 1 heterocycles. The number of hydrogen-bond donors (Lipinski definition) is 0. The second kappa shape index (κ2) is 5.26. The van der Waals surface area contributed by atoms with Gasteiger partial charge in [-0.2, -0.15) is 5.26 Å². The van der Waals surface area contributed by atoms with Gasteiger partial charge in [0.25, 0.3) is 12.3 Å². The van der Waals surface area contributed by atoms with Crippen molar-refractivity contribution in [3.05, 3.63) is 17.3 Å². The number of methoxy groups -OCH3 is 2. The summed E-state index contributed by atoms with van der Waals surface area (Å²) < 4.78 is 35.0. The van der Waals surface area contributed by atoms with Crippen molar-refractivity contribution in [1.82, 2.24) is 4.98 Å². The highest BCUT2D eigenvalue weighted by Crippen LogP contribution is 2.32. The van der Waals surface area contributed by atoms with Gasteiger partial charge in [-0.05, 0) is 6.07 Å². The number of halogens is 2. The molecule has 86 valence electrons. The van der Waals surface area contributed by atoms with Crippen LogP contribution in [0.15, 0.2) is 6.07 Å². The Bertz CT molecular complexity index is 416. The zero-order valence-electron chi connectivity index (χ0n) is 8.83. The predicted octanol–water partition coefficient (Wildman–Crippen LogP) is 2.10. The van der Waals surface area contributed by atoms with Gasteiger partial charge in [-0.25, -0.2) is 13.8 Å². The van der Waals surface area contributed by atoms with E-state index in [1.165, 1.54) is 14.2 Å². The number of nitriles is 1. The first-order chi connectivity index (χ1) is 7.63. The van der Waals surface area contributed by atoms with Crippen molar-refractivity contribution >= 4 is 0 Å². The lowest BCUT2D eigenvalue weighted by Gasteiger charge is -2.11. The monoisotopic (exact) mass is 228 g/mol. The minimum Gasteiger partial charge on any atom is -0.491 e. The van der Waals surface area contributed by atoms with Crippen molar-refractivity contribution in [2.24, 2.45) is 0 Å². The third kappa shape index (κ3) is 2.37. The van der Waals surface area contributed by atoms with E-state index >= 15 is 0 Å². The normalized spacial score (nSPS) is 10.0. The Morgan fingerprint density at radius 3 is 2.56 bits per heavy atom. The zero-order valence-corrected chi connectivity index (χ0v) is 8.83. The van der Waals surface area contributed by atoms with Crippen LogP contribution >= 0.6 is 0 Å². The smallest absolute Gasteiger partial charge is 0.265 e. The summed E-state index contributed by atoms with van der Waals surface area (Å²) in [6, 6.07) is 2.92. The van der Waals surface area contributed by atoms with Crippen LogP contribution in [0.1, 0.15) is 17.7 Å². The van der Waals surface area contributed by atoms with Crippen LogP contribution < -0.4 is 9.47 Å². The number of aromatic nitrogens is 1. The summed E-state index contributed by atoms with van der Waals surface area (Å²) in [5, 5.41) is 8.51. The van der Waals surface area contributed by atoms with Crippen LogP contribution in [0.5, 0.6) is 11.6 Å². The molecule has 0 aliphatic heterocycles. The molecule has 0 spiro atoms.